The van der Waals surface area contributed by atoms with Crippen molar-refractivity contribution in [1.29, 1.82) is 0 Å². The summed E-state index contributed by atoms with van der Waals surface area (Å²) in [5.74, 6) is 0.457. The van der Waals surface area contributed by atoms with Crippen molar-refractivity contribution < 1.29 is 4.79 Å². The number of hydrogen-bond donors (Lipinski definition) is 2. The lowest BCUT2D eigenvalue weighted by Gasteiger charge is -2.21. The van der Waals surface area contributed by atoms with Crippen LogP contribution in [-0.2, 0) is 20.0 Å². The normalized spacial score (nSPS) is 11.0. The maximum Gasteiger partial charge on any atom is 0.320 e. The molecule has 0 atom stereocenters. The molecule has 174 valence electrons. The van der Waals surface area contributed by atoms with E-state index in [2.05, 4.69) is 23.6 Å². The molecule has 5 nitrogen and oxygen atoms in total. The molecule has 0 aliphatic rings. The molecule has 4 aromatic rings. The van der Waals surface area contributed by atoms with E-state index in [9.17, 15) is 9.59 Å². The van der Waals surface area contributed by atoms with Crippen molar-refractivity contribution in [1.82, 2.24) is 9.88 Å². The summed E-state index contributed by atoms with van der Waals surface area (Å²) in [5.41, 5.74) is 5.77. The number of anilines is 1. The summed E-state index contributed by atoms with van der Waals surface area (Å²) in [6.07, 6.45) is 0.823. The molecule has 0 radical (unpaired) electrons. The summed E-state index contributed by atoms with van der Waals surface area (Å²) in [4.78, 5) is 26.3. The second-order valence-electron chi connectivity index (χ2n) is 8.48. The molecule has 2 N–H and O–H groups in total. The van der Waals surface area contributed by atoms with E-state index in [1.807, 2.05) is 62.4 Å². The highest BCUT2D eigenvalue weighted by molar-refractivity contribution is 6.31. The van der Waals surface area contributed by atoms with Gasteiger partial charge < -0.3 is 5.32 Å². The van der Waals surface area contributed by atoms with Crippen LogP contribution in [0.2, 0.25) is 5.02 Å². The van der Waals surface area contributed by atoms with Gasteiger partial charge in [-0.15, -0.1) is 0 Å². The van der Waals surface area contributed by atoms with Gasteiger partial charge in [0.15, 0.2) is 0 Å². The highest BCUT2D eigenvalue weighted by Gasteiger charge is 2.20. The van der Waals surface area contributed by atoms with Crippen LogP contribution in [0.25, 0.3) is 21.9 Å². The molecule has 0 unspecified atom stereocenters. The van der Waals surface area contributed by atoms with Crippen molar-refractivity contribution in [3.63, 3.8) is 0 Å². The number of nitrogens with zero attached hydrogens (tertiary/aromatic N) is 1. The van der Waals surface area contributed by atoms with E-state index in [0.717, 1.165) is 45.2 Å². The van der Waals surface area contributed by atoms with Crippen LogP contribution in [0.3, 0.4) is 0 Å². The summed E-state index contributed by atoms with van der Waals surface area (Å²) >= 11 is 6.23. The zero-order valence-electron chi connectivity index (χ0n) is 19.8. The Morgan fingerprint density at radius 1 is 0.941 bits per heavy atom. The fourth-order valence-electron chi connectivity index (χ4n) is 4.24. The van der Waals surface area contributed by atoms with Gasteiger partial charge in [-0.2, -0.15) is 0 Å². The molecule has 0 aliphatic heterocycles. The maximum absolute atomic E-state index is 13.3. The van der Waals surface area contributed by atoms with Gasteiger partial charge >= 0.3 is 6.03 Å². The number of nitrogens with one attached hydrogen (secondary N) is 2. The first-order valence-corrected chi connectivity index (χ1v) is 11.7. The Morgan fingerprint density at radius 3 is 2.24 bits per heavy atom. The zero-order chi connectivity index (χ0) is 24.4. The van der Waals surface area contributed by atoms with Gasteiger partial charge in [0.1, 0.15) is 5.82 Å². The predicted octanol–water partition coefficient (Wildman–Crippen LogP) is 6.36. The molecule has 2 amide bonds. The van der Waals surface area contributed by atoms with Crippen LogP contribution in [0.5, 0.6) is 0 Å². The van der Waals surface area contributed by atoms with E-state index in [1.165, 1.54) is 4.57 Å². The molecule has 6 heteroatoms. The minimum Gasteiger partial charge on any atom is -0.334 e. The summed E-state index contributed by atoms with van der Waals surface area (Å²) < 4.78 is 1.52. The lowest BCUT2D eigenvalue weighted by atomic mass is 9.92. The van der Waals surface area contributed by atoms with E-state index in [1.54, 1.807) is 13.1 Å². The second kappa shape index (κ2) is 9.74. The smallest absolute Gasteiger partial charge is 0.320 e. The van der Waals surface area contributed by atoms with Gasteiger partial charge in [0, 0.05) is 29.6 Å². The number of carbonyl (C=O) groups is 1. The lowest BCUT2D eigenvalue weighted by molar-refractivity contribution is 0.251. The summed E-state index contributed by atoms with van der Waals surface area (Å²) in [7, 11) is 1.69. The van der Waals surface area contributed by atoms with Crippen molar-refractivity contribution >= 4 is 34.2 Å². The molecule has 1 heterocycles. The van der Waals surface area contributed by atoms with Gasteiger partial charge in [0.05, 0.1) is 0 Å². The standard InChI is InChI=1S/C28H28ClN3O2/c1-5-19-10-6-8-12-21(19)25-22-14-17(2)18(3)15-23(22)27(33)32(4)26(25)31-28(34)30-16-20-11-7-9-13-24(20)29/h6-15H,5,16H2,1-4H3,(H2,30,31,34). The minimum atomic E-state index is -0.409. The Bertz CT molecular complexity index is 1460. The number of amides is 2. The molecule has 34 heavy (non-hydrogen) atoms. The average Bonchev–Trinajstić information content (AvgIpc) is 2.83. The SMILES string of the molecule is CCc1ccccc1-c1c(NC(=O)NCc2ccccc2Cl)n(C)c(=O)c2cc(C)c(C)cc12. The van der Waals surface area contributed by atoms with Gasteiger partial charge in [0.2, 0.25) is 0 Å². The van der Waals surface area contributed by atoms with Crippen LogP contribution in [0, 0.1) is 13.8 Å². The number of rotatable bonds is 5. The van der Waals surface area contributed by atoms with Gasteiger partial charge in [-0.25, -0.2) is 4.79 Å². The van der Waals surface area contributed by atoms with Crippen molar-refractivity contribution in [2.45, 2.75) is 33.7 Å². The summed E-state index contributed by atoms with van der Waals surface area (Å²) in [5, 5.41) is 7.86. The number of aromatic nitrogens is 1. The van der Waals surface area contributed by atoms with Crippen LogP contribution in [0.4, 0.5) is 10.6 Å². The molecule has 3 aromatic carbocycles. The first kappa shape index (κ1) is 23.6. The van der Waals surface area contributed by atoms with E-state index in [4.69, 9.17) is 11.6 Å². The summed E-state index contributed by atoms with van der Waals surface area (Å²) in [6, 6.07) is 19.0. The van der Waals surface area contributed by atoms with Crippen LogP contribution >= 0.6 is 11.6 Å². The zero-order valence-corrected chi connectivity index (χ0v) is 20.6. The Labute approximate surface area is 204 Å². The van der Waals surface area contributed by atoms with Gasteiger partial charge in [-0.3, -0.25) is 14.7 Å². The van der Waals surface area contributed by atoms with Crippen LogP contribution in [0.1, 0.15) is 29.2 Å². The van der Waals surface area contributed by atoms with Crippen molar-refractivity contribution in [3.8, 4) is 11.1 Å². The molecule has 0 spiro atoms. The number of carbonyl (C=O) groups excluding carboxylic acids is 1. The maximum atomic E-state index is 13.3. The number of urea groups is 1. The van der Waals surface area contributed by atoms with Gasteiger partial charge in [-0.1, -0.05) is 67.1 Å². The quantitative estimate of drug-likeness (QED) is 0.354. The van der Waals surface area contributed by atoms with E-state index in [-0.39, 0.29) is 12.1 Å². The number of pyridine rings is 1. The van der Waals surface area contributed by atoms with Gasteiger partial charge in [0.25, 0.3) is 5.56 Å². The minimum absolute atomic E-state index is 0.155. The third-order valence-electron chi connectivity index (χ3n) is 6.31. The Morgan fingerprint density at radius 2 is 1.56 bits per heavy atom. The molecule has 1 aromatic heterocycles. The first-order valence-electron chi connectivity index (χ1n) is 11.3. The molecule has 0 fully saturated rings. The van der Waals surface area contributed by atoms with Crippen LogP contribution in [0.15, 0.2) is 65.5 Å². The second-order valence-corrected chi connectivity index (χ2v) is 8.89. The first-order chi connectivity index (χ1) is 16.3. The number of benzene rings is 3. The molecular weight excluding hydrogens is 446 g/mol. The van der Waals surface area contributed by atoms with Crippen molar-refractivity contribution in [2.75, 3.05) is 5.32 Å². The van der Waals surface area contributed by atoms with Crippen molar-refractivity contribution in [3.05, 3.63) is 98.3 Å². The highest BCUT2D eigenvalue weighted by Crippen LogP contribution is 2.37. The van der Waals surface area contributed by atoms with Gasteiger partial charge in [-0.05, 0) is 65.6 Å². The third-order valence-corrected chi connectivity index (χ3v) is 6.68. The van der Waals surface area contributed by atoms with E-state index in [0.29, 0.717) is 16.2 Å². The summed E-state index contributed by atoms with van der Waals surface area (Å²) in [6.45, 7) is 6.40. The molecule has 0 aliphatic carbocycles. The average molecular weight is 474 g/mol. The lowest BCUT2D eigenvalue weighted by Crippen LogP contribution is -2.32. The molecule has 0 saturated carbocycles. The number of fused-ring (bicyclic) bond motifs is 1. The van der Waals surface area contributed by atoms with Crippen LogP contribution in [-0.4, -0.2) is 10.6 Å². The van der Waals surface area contributed by atoms with E-state index < -0.39 is 6.03 Å². The topological polar surface area (TPSA) is 63.1 Å². The fourth-order valence-corrected chi connectivity index (χ4v) is 4.44. The highest BCUT2D eigenvalue weighted by atomic mass is 35.5. The van der Waals surface area contributed by atoms with Crippen molar-refractivity contribution in [2.24, 2.45) is 7.05 Å². The Balaban J connectivity index is 1.86. The Kier molecular flexibility index (Phi) is 6.75. The number of hydrogen-bond acceptors (Lipinski definition) is 2. The molecule has 4 rings (SSSR count). The number of aryl methyl sites for hydroxylation is 3. The predicted molar refractivity (Wildman–Crippen MR) is 141 cm³/mol. The van der Waals surface area contributed by atoms with E-state index >= 15 is 0 Å². The monoisotopic (exact) mass is 473 g/mol. The fraction of sp³-hybridized carbons (Fsp3) is 0.214. The largest absolute Gasteiger partial charge is 0.334 e. The van der Waals surface area contributed by atoms with Crippen LogP contribution < -0.4 is 16.2 Å². The Hall–Kier alpha value is -3.57. The third kappa shape index (κ3) is 4.44. The molecular formula is C28H28ClN3O2. The molecule has 0 bridgehead atoms. The number of halogens is 1. The molecule has 0 saturated heterocycles.